The molecule has 6 nitrogen and oxygen atoms in total. The van der Waals surface area contributed by atoms with Gasteiger partial charge >= 0.3 is 0 Å². The molecule has 0 radical (unpaired) electrons. The van der Waals surface area contributed by atoms with Gasteiger partial charge in [0.05, 0.1) is 46.8 Å². The second-order valence-corrected chi connectivity index (χ2v) is 6.17. The predicted molar refractivity (Wildman–Crippen MR) is 109 cm³/mol. The summed E-state index contributed by atoms with van der Waals surface area (Å²) in [6.07, 6.45) is 0. The van der Waals surface area contributed by atoms with E-state index in [1.807, 2.05) is 42.5 Å². The maximum Gasteiger partial charge on any atom is 0.162 e. The number of hydrogen-bond donors (Lipinski definition) is 0. The highest BCUT2D eigenvalue weighted by Crippen LogP contribution is 2.28. The molecule has 0 amide bonds. The molecule has 0 aliphatic carbocycles. The van der Waals surface area contributed by atoms with Gasteiger partial charge in [-0.15, -0.1) is 0 Å². The molecule has 1 aliphatic heterocycles. The third-order valence-corrected chi connectivity index (χ3v) is 4.10. The van der Waals surface area contributed by atoms with E-state index in [-0.39, 0.29) is 0 Å². The van der Waals surface area contributed by atoms with Gasteiger partial charge in [-0.3, -0.25) is 0 Å². The minimum Gasteiger partial charge on any atom is -0.497 e. The van der Waals surface area contributed by atoms with E-state index in [9.17, 15) is 0 Å². The first-order valence-corrected chi connectivity index (χ1v) is 9.64. The Morgan fingerprint density at radius 3 is 1.76 bits per heavy atom. The Balaban J connectivity index is 1.69. The van der Waals surface area contributed by atoms with E-state index < -0.39 is 0 Å². The monoisotopic (exact) mass is 398 g/mol. The van der Waals surface area contributed by atoms with Crippen LogP contribution in [0.5, 0.6) is 17.2 Å². The Morgan fingerprint density at radius 2 is 1.14 bits per heavy atom. The first-order chi connectivity index (χ1) is 14.3. The number of hydrogen-bond acceptors (Lipinski definition) is 6. The molecule has 0 fully saturated rings. The fourth-order valence-electron chi connectivity index (χ4n) is 2.60. The lowest BCUT2D eigenvalue weighted by Gasteiger charge is -2.13. The van der Waals surface area contributed by atoms with E-state index in [4.69, 9.17) is 28.4 Å². The Hall–Kier alpha value is -2.72. The zero-order valence-corrected chi connectivity index (χ0v) is 16.6. The number of methoxy groups -OCH3 is 1. The summed E-state index contributed by atoms with van der Waals surface area (Å²) < 4.78 is 33.3. The fraction of sp³-hybridized carbons (Fsp3) is 0.391. The highest BCUT2D eigenvalue weighted by molar-refractivity contribution is 5.51. The standard InChI is InChI=1S/C23H26O6/c1-24-21-7-4-19(5-8-21)2-3-20-6-9-22-23(18-20)29-17-15-27-13-11-25-10-12-26-14-16-28-22/h4-9,18H,10-17H2,1H3. The van der Waals surface area contributed by atoms with Gasteiger partial charge in [-0.05, 0) is 42.5 Å². The minimum atomic E-state index is 0.419. The molecule has 1 aliphatic rings. The highest BCUT2D eigenvalue weighted by Gasteiger charge is 2.07. The first-order valence-electron chi connectivity index (χ1n) is 9.64. The fourth-order valence-corrected chi connectivity index (χ4v) is 2.60. The number of rotatable bonds is 1. The number of benzene rings is 2. The topological polar surface area (TPSA) is 55.4 Å². The van der Waals surface area contributed by atoms with E-state index in [1.165, 1.54) is 0 Å². The van der Waals surface area contributed by atoms with Crippen LogP contribution in [-0.2, 0) is 14.2 Å². The van der Waals surface area contributed by atoms with Crippen molar-refractivity contribution in [3.05, 3.63) is 53.6 Å². The van der Waals surface area contributed by atoms with Crippen LogP contribution < -0.4 is 14.2 Å². The lowest BCUT2D eigenvalue weighted by Crippen LogP contribution is -2.13. The van der Waals surface area contributed by atoms with Gasteiger partial charge in [-0.1, -0.05) is 11.8 Å². The van der Waals surface area contributed by atoms with Crippen LogP contribution in [0.25, 0.3) is 0 Å². The number of fused-ring (bicyclic) bond motifs is 1. The molecule has 0 unspecified atom stereocenters. The quantitative estimate of drug-likeness (QED) is 0.689. The van der Waals surface area contributed by atoms with Gasteiger partial charge in [0.15, 0.2) is 11.5 Å². The maximum absolute atomic E-state index is 5.87. The van der Waals surface area contributed by atoms with Gasteiger partial charge in [-0.2, -0.15) is 0 Å². The van der Waals surface area contributed by atoms with Gasteiger partial charge in [0.25, 0.3) is 0 Å². The van der Waals surface area contributed by atoms with Crippen molar-refractivity contribution in [1.82, 2.24) is 0 Å². The van der Waals surface area contributed by atoms with Gasteiger partial charge in [0, 0.05) is 11.1 Å². The largest absolute Gasteiger partial charge is 0.497 e. The van der Waals surface area contributed by atoms with Gasteiger partial charge in [0.2, 0.25) is 0 Å². The maximum atomic E-state index is 5.87. The zero-order valence-electron chi connectivity index (χ0n) is 16.6. The lowest BCUT2D eigenvalue weighted by atomic mass is 10.1. The summed E-state index contributed by atoms with van der Waals surface area (Å²) in [7, 11) is 1.64. The molecule has 0 aromatic heterocycles. The van der Waals surface area contributed by atoms with E-state index >= 15 is 0 Å². The second-order valence-electron chi connectivity index (χ2n) is 6.17. The van der Waals surface area contributed by atoms with Crippen LogP contribution in [0, 0.1) is 11.8 Å². The van der Waals surface area contributed by atoms with Gasteiger partial charge < -0.3 is 28.4 Å². The molecule has 154 valence electrons. The second kappa shape index (κ2) is 12.0. The zero-order chi connectivity index (χ0) is 20.2. The summed E-state index contributed by atoms with van der Waals surface area (Å²) in [4.78, 5) is 0. The normalized spacial score (nSPS) is 15.9. The third kappa shape index (κ3) is 7.31. The molecule has 3 rings (SSSR count). The SMILES string of the molecule is COc1ccc(C#Cc2ccc3c(c2)OCCOCCOCCOCCO3)cc1. The van der Waals surface area contributed by atoms with E-state index in [1.54, 1.807) is 7.11 Å². The van der Waals surface area contributed by atoms with E-state index in [0.29, 0.717) is 64.4 Å². The average molecular weight is 398 g/mol. The molecular formula is C23H26O6. The van der Waals surface area contributed by atoms with Crippen LogP contribution in [0.2, 0.25) is 0 Å². The molecule has 1 heterocycles. The van der Waals surface area contributed by atoms with Crippen molar-refractivity contribution in [1.29, 1.82) is 0 Å². The van der Waals surface area contributed by atoms with Gasteiger partial charge in [-0.25, -0.2) is 0 Å². The summed E-state index contributed by atoms with van der Waals surface area (Å²) in [5.74, 6) is 8.42. The molecular weight excluding hydrogens is 372 g/mol. The first kappa shape index (κ1) is 21.0. The van der Waals surface area contributed by atoms with Crippen LogP contribution in [0.4, 0.5) is 0 Å². The highest BCUT2D eigenvalue weighted by atomic mass is 16.6. The molecule has 6 heteroatoms. The molecule has 2 aromatic carbocycles. The predicted octanol–water partition coefficient (Wildman–Crippen LogP) is 2.92. The Labute approximate surface area is 171 Å². The molecule has 0 saturated carbocycles. The summed E-state index contributed by atoms with van der Waals surface area (Å²) in [6.45, 7) is 3.96. The van der Waals surface area contributed by atoms with Crippen LogP contribution in [-0.4, -0.2) is 60.0 Å². The molecule has 0 atom stereocenters. The smallest absolute Gasteiger partial charge is 0.162 e. The van der Waals surface area contributed by atoms with E-state index in [0.717, 1.165) is 16.9 Å². The number of ether oxygens (including phenoxy) is 6. The van der Waals surface area contributed by atoms with Crippen molar-refractivity contribution >= 4 is 0 Å². The van der Waals surface area contributed by atoms with Crippen molar-refractivity contribution in [2.45, 2.75) is 0 Å². The molecule has 29 heavy (non-hydrogen) atoms. The average Bonchev–Trinajstić information content (AvgIpc) is 2.77. The van der Waals surface area contributed by atoms with Crippen molar-refractivity contribution in [2.75, 3.05) is 60.0 Å². The van der Waals surface area contributed by atoms with Crippen molar-refractivity contribution in [2.24, 2.45) is 0 Å². The molecule has 0 saturated heterocycles. The van der Waals surface area contributed by atoms with Crippen molar-refractivity contribution in [3.8, 4) is 29.1 Å². The van der Waals surface area contributed by atoms with Crippen molar-refractivity contribution < 1.29 is 28.4 Å². The van der Waals surface area contributed by atoms with Gasteiger partial charge in [0.1, 0.15) is 19.0 Å². The lowest BCUT2D eigenvalue weighted by molar-refractivity contribution is 0.00708. The Kier molecular flexibility index (Phi) is 8.67. The van der Waals surface area contributed by atoms with E-state index in [2.05, 4.69) is 11.8 Å². The Bertz CT molecular complexity index is 806. The van der Waals surface area contributed by atoms with Crippen molar-refractivity contribution in [3.63, 3.8) is 0 Å². The summed E-state index contributed by atoms with van der Waals surface area (Å²) in [5.41, 5.74) is 1.75. The third-order valence-electron chi connectivity index (χ3n) is 4.10. The summed E-state index contributed by atoms with van der Waals surface area (Å²) >= 11 is 0. The summed E-state index contributed by atoms with van der Waals surface area (Å²) in [5, 5.41) is 0. The molecule has 0 bridgehead atoms. The van der Waals surface area contributed by atoms with Crippen LogP contribution in [0.1, 0.15) is 11.1 Å². The molecule has 0 spiro atoms. The van der Waals surface area contributed by atoms with Crippen LogP contribution >= 0.6 is 0 Å². The molecule has 2 aromatic rings. The minimum absolute atomic E-state index is 0.419. The Morgan fingerprint density at radius 1 is 0.621 bits per heavy atom. The van der Waals surface area contributed by atoms with Crippen LogP contribution in [0.15, 0.2) is 42.5 Å². The summed E-state index contributed by atoms with van der Waals surface area (Å²) in [6, 6.07) is 13.3. The van der Waals surface area contributed by atoms with Crippen LogP contribution in [0.3, 0.4) is 0 Å². The molecule has 0 N–H and O–H groups in total.